The van der Waals surface area contributed by atoms with Crippen LogP contribution in [0.4, 0.5) is 10.1 Å². The lowest BCUT2D eigenvalue weighted by atomic mass is 9.81. The van der Waals surface area contributed by atoms with Gasteiger partial charge in [0.1, 0.15) is 5.82 Å². The van der Waals surface area contributed by atoms with E-state index in [2.05, 4.69) is 21.2 Å². The Balaban J connectivity index is 2.02. The van der Waals surface area contributed by atoms with Crippen LogP contribution < -0.4 is 11.1 Å². The summed E-state index contributed by atoms with van der Waals surface area (Å²) in [4.78, 5) is 12.2. The van der Waals surface area contributed by atoms with Crippen molar-refractivity contribution in [3.05, 3.63) is 27.4 Å². The van der Waals surface area contributed by atoms with Crippen LogP contribution in [0.15, 0.2) is 16.6 Å². The van der Waals surface area contributed by atoms with E-state index >= 15 is 0 Å². The molecule has 1 amide bonds. The maximum atomic E-state index is 13.1. The highest BCUT2D eigenvalue weighted by Gasteiger charge is 2.26. The first-order valence-corrected chi connectivity index (χ1v) is 7.83. The molecule has 110 valence electrons. The molecule has 20 heavy (non-hydrogen) atoms. The zero-order valence-electron chi connectivity index (χ0n) is 11.0. The number of nitrogens with two attached hydrogens (primary N) is 1. The summed E-state index contributed by atoms with van der Waals surface area (Å²) < 4.78 is 13.6. The predicted molar refractivity (Wildman–Crippen MR) is 82.2 cm³/mol. The lowest BCUT2D eigenvalue weighted by molar-refractivity contribution is -0.121. The quantitative estimate of drug-likeness (QED) is 0.854. The Kier molecular flexibility index (Phi) is 5.41. The van der Waals surface area contributed by atoms with Crippen LogP contribution >= 0.6 is 27.5 Å². The SMILES string of the molecule is NCC1CCC(C(=O)Nc2c(Cl)cc(F)cc2Br)CC1. The third-order valence-electron chi connectivity index (χ3n) is 3.81. The van der Waals surface area contributed by atoms with E-state index in [1.165, 1.54) is 12.1 Å². The minimum absolute atomic E-state index is 0.0224. The van der Waals surface area contributed by atoms with Crippen LogP contribution in [0.2, 0.25) is 5.02 Å². The van der Waals surface area contributed by atoms with E-state index in [0.717, 1.165) is 25.7 Å². The van der Waals surface area contributed by atoms with Gasteiger partial charge in [-0.3, -0.25) is 4.79 Å². The number of carbonyl (C=O) groups excluding carboxylic acids is 1. The number of amides is 1. The fourth-order valence-electron chi connectivity index (χ4n) is 2.55. The summed E-state index contributed by atoms with van der Waals surface area (Å²) in [5.41, 5.74) is 6.07. The molecule has 0 saturated heterocycles. The van der Waals surface area contributed by atoms with Gasteiger partial charge in [0, 0.05) is 10.4 Å². The first-order chi connectivity index (χ1) is 9.51. The molecular formula is C14H17BrClFN2O. The highest BCUT2D eigenvalue weighted by Crippen LogP contribution is 2.34. The Morgan fingerprint density at radius 3 is 2.60 bits per heavy atom. The van der Waals surface area contributed by atoms with E-state index in [1.54, 1.807) is 0 Å². The number of carbonyl (C=O) groups is 1. The standard InChI is InChI=1S/C14H17BrClFN2O/c15-11-5-10(17)6-12(16)13(11)19-14(20)9-3-1-8(7-18)2-4-9/h5-6,8-9H,1-4,7,18H2,(H,19,20). The van der Waals surface area contributed by atoms with Gasteiger partial charge in [-0.15, -0.1) is 0 Å². The van der Waals surface area contributed by atoms with Gasteiger partial charge in [-0.1, -0.05) is 11.6 Å². The maximum Gasteiger partial charge on any atom is 0.227 e. The van der Waals surface area contributed by atoms with Gasteiger partial charge < -0.3 is 11.1 Å². The molecule has 1 aliphatic carbocycles. The van der Waals surface area contributed by atoms with Gasteiger partial charge >= 0.3 is 0 Å². The summed E-state index contributed by atoms with van der Waals surface area (Å²) in [6.45, 7) is 0.684. The van der Waals surface area contributed by atoms with Crippen LogP contribution in [-0.4, -0.2) is 12.5 Å². The van der Waals surface area contributed by atoms with E-state index in [9.17, 15) is 9.18 Å². The summed E-state index contributed by atoms with van der Waals surface area (Å²) in [5, 5.41) is 2.99. The van der Waals surface area contributed by atoms with Gasteiger partial charge in [0.05, 0.1) is 10.7 Å². The van der Waals surface area contributed by atoms with Crippen molar-refractivity contribution in [1.82, 2.24) is 0 Å². The zero-order valence-corrected chi connectivity index (χ0v) is 13.3. The molecule has 1 fully saturated rings. The number of halogens is 3. The minimum Gasteiger partial charge on any atom is -0.330 e. The summed E-state index contributed by atoms with van der Waals surface area (Å²) in [5.74, 6) is 0.00372. The number of nitrogens with one attached hydrogen (secondary N) is 1. The molecule has 0 aliphatic heterocycles. The van der Waals surface area contributed by atoms with Crippen molar-refractivity contribution in [2.75, 3.05) is 11.9 Å². The molecule has 0 spiro atoms. The molecule has 2 rings (SSSR count). The van der Waals surface area contributed by atoms with Crippen LogP contribution in [0.1, 0.15) is 25.7 Å². The molecule has 0 radical (unpaired) electrons. The second-order valence-electron chi connectivity index (χ2n) is 5.19. The minimum atomic E-state index is -0.441. The highest BCUT2D eigenvalue weighted by molar-refractivity contribution is 9.10. The van der Waals surface area contributed by atoms with Crippen LogP contribution in [0, 0.1) is 17.7 Å². The van der Waals surface area contributed by atoms with Crippen LogP contribution in [-0.2, 0) is 4.79 Å². The summed E-state index contributed by atoms with van der Waals surface area (Å²) in [6, 6.07) is 2.47. The van der Waals surface area contributed by atoms with Gasteiger partial charge in [-0.25, -0.2) is 4.39 Å². The number of rotatable bonds is 3. The van der Waals surface area contributed by atoms with E-state index in [4.69, 9.17) is 17.3 Å². The average molecular weight is 364 g/mol. The lowest BCUT2D eigenvalue weighted by Crippen LogP contribution is -2.29. The molecule has 3 N–H and O–H groups in total. The third-order valence-corrected chi connectivity index (χ3v) is 4.73. The van der Waals surface area contributed by atoms with Crippen molar-refractivity contribution < 1.29 is 9.18 Å². The van der Waals surface area contributed by atoms with E-state index in [0.29, 0.717) is 22.6 Å². The molecule has 1 aliphatic rings. The van der Waals surface area contributed by atoms with Crippen LogP contribution in [0.25, 0.3) is 0 Å². The van der Waals surface area contributed by atoms with Crippen molar-refractivity contribution in [1.29, 1.82) is 0 Å². The van der Waals surface area contributed by atoms with Gasteiger partial charge in [0.2, 0.25) is 5.91 Å². The highest BCUT2D eigenvalue weighted by atomic mass is 79.9. The summed E-state index contributed by atoms with van der Waals surface area (Å²) in [6.07, 6.45) is 3.63. The Hall–Kier alpha value is -0.650. The maximum absolute atomic E-state index is 13.1. The van der Waals surface area contributed by atoms with Crippen molar-refractivity contribution in [3.8, 4) is 0 Å². The Bertz CT molecular complexity index is 481. The van der Waals surface area contributed by atoms with Gasteiger partial charge in [0.15, 0.2) is 0 Å². The molecule has 0 aromatic heterocycles. The Morgan fingerprint density at radius 1 is 1.40 bits per heavy atom. The first kappa shape index (κ1) is 15.7. The monoisotopic (exact) mass is 362 g/mol. The normalized spacial score (nSPS) is 22.6. The second kappa shape index (κ2) is 6.87. The smallest absolute Gasteiger partial charge is 0.227 e. The van der Waals surface area contributed by atoms with Crippen LogP contribution in [0.3, 0.4) is 0 Å². The largest absolute Gasteiger partial charge is 0.330 e. The zero-order chi connectivity index (χ0) is 14.7. The van der Waals surface area contributed by atoms with Gasteiger partial charge in [-0.05, 0) is 66.2 Å². The third kappa shape index (κ3) is 3.71. The number of benzene rings is 1. The predicted octanol–water partition coefficient (Wildman–Crippen LogP) is 3.95. The molecule has 0 heterocycles. The van der Waals surface area contributed by atoms with E-state index < -0.39 is 5.82 Å². The van der Waals surface area contributed by atoms with Gasteiger partial charge in [0.25, 0.3) is 0 Å². The first-order valence-electron chi connectivity index (χ1n) is 6.66. The summed E-state index contributed by atoms with van der Waals surface area (Å²) >= 11 is 9.18. The second-order valence-corrected chi connectivity index (χ2v) is 6.45. The Morgan fingerprint density at radius 2 is 2.05 bits per heavy atom. The summed E-state index contributed by atoms with van der Waals surface area (Å²) in [7, 11) is 0. The fraction of sp³-hybridized carbons (Fsp3) is 0.500. The molecular weight excluding hydrogens is 347 g/mol. The number of hydrogen-bond donors (Lipinski definition) is 2. The van der Waals surface area contributed by atoms with Crippen molar-refractivity contribution in [3.63, 3.8) is 0 Å². The molecule has 1 aromatic rings. The van der Waals surface area contributed by atoms with Crippen LogP contribution in [0.5, 0.6) is 0 Å². The topological polar surface area (TPSA) is 55.1 Å². The van der Waals surface area contributed by atoms with Crippen molar-refractivity contribution in [2.24, 2.45) is 17.6 Å². The molecule has 6 heteroatoms. The number of hydrogen-bond acceptors (Lipinski definition) is 2. The lowest BCUT2D eigenvalue weighted by Gasteiger charge is -2.27. The fourth-order valence-corrected chi connectivity index (χ4v) is 3.45. The van der Waals surface area contributed by atoms with E-state index in [1.807, 2.05) is 0 Å². The average Bonchev–Trinajstić information content (AvgIpc) is 2.42. The number of anilines is 1. The van der Waals surface area contributed by atoms with Gasteiger partial charge in [-0.2, -0.15) is 0 Å². The molecule has 0 bridgehead atoms. The van der Waals surface area contributed by atoms with Crippen molar-refractivity contribution in [2.45, 2.75) is 25.7 Å². The molecule has 3 nitrogen and oxygen atoms in total. The molecule has 1 saturated carbocycles. The van der Waals surface area contributed by atoms with Crippen molar-refractivity contribution >= 4 is 39.1 Å². The molecule has 0 unspecified atom stereocenters. The van der Waals surface area contributed by atoms with E-state index in [-0.39, 0.29) is 16.8 Å². The molecule has 1 aromatic carbocycles. The Labute approximate surface area is 131 Å². The molecule has 0 atom stereocenters.